The molecule has 0 saturated carbocycles. The SMILES string of the molecule is CC.CC(C)n1cc2c3c(cccc31)CCO2. The highest BCUT2D eigenvalue weighted by Gasteiger charge is 2.17. The smallest absolute Gasteiger partial charge is 0.145 e. The first-order valence-electron chi connectivity index (χ1n) is 6.52. The van der Waals surface area contributed by atoms with E-state index in [4.69, 9.17) is 4.74 Å². The molecular formula is C15H21NO. The molecule has 2 nitrogen and oxygen atoms in total. The van der Waals surface area contributed by atoms with Gasteiger partial charge in [0.1, 0.15) is 5.75 Å². The van der Waals surface area contributed by atoms with Crippen LogP contribution in [0.5, 0.6) is 5.75 Å². The summed E-state index contributed by atoms with van der Waals surface area (Å²) in [4.78, 5) is 0. The van der Waals surface area contributed by atoms with E-state index in [0.717, 1.165) is 18.8 Å². The molecule has 1 aromatic heterocycles. The van der Waals surface area contributed by atoms with Crippen molar-refractivity contribution in [2.24, 2.45) is 0 Å². The van der Waals surface area contributed by atoms with Gasteiger partial charge in [-0.15, -0.1) is 0 Å². The number of rotatable bonds is 1. The normalized spacial score (nSPS) is 13.2. The highest BCUT2D eigenvalue weighted by Crippen LogP contribution is 2.35. The van der Waals surface area contributed by atoms with Gasteiger partial charge >= 0.3 is 0 Å². The molecule has 2 aromatic rings. The number of nitrogens with zero attached hydrogens (tertiary/aromatic N) is 1. The fourth-order valence-corrected chi connectivity index (χ4v) is 2.36. The lowest BCUT2D eigenvalue weighted by Gasteiger charge is -2.13. The molecule has 0 radical (unpaired) electrons. The van der Waals surface area contributed by atoms with E-state index in [-0.39, 0.29) is 0 Å². The van der Waals surface area contributed by atoms with Crippen molar-refractivity contribution in [3.63, 3.8) is 0 Å². The molecule has 0 saturated heterocycles. The maximum Gasteiger partial charge on any atom is 0.145 e. The van der Waals surface area contributed by atoms with E-state index in [0.29, 0.717) is 6.04 Å². The first-order chi connectivity index (χ1) is 8.27. The summed E-state index contributed by atoms with van der Waals surface area (Å²) in [5, 5.41) is 1.32. The first-order valence-corrected chi connectivity index (χ1v) is 6.52. The van der Waals surface area contributed by atoms with Crippen LogP contribution in [0.4, 0.5) is 0 Å². The summed E-state index contributed by atoms with van der Waals surface area (Å²) in [6, 6.07) is 7.01. The van der Waals surface area contributed by atoms with Crippen LogP contribution in [0.2, 0.25) is 0 Å². The van der Waals surface area contributed by atoms with Crippen molar-refractivity contribution in [2.45, 2.75) is 40.2 Å². The largest absolute Gasteiger partial charge is 0.491 e. The van der Waals surface area contributed by atoms with E-state index in [1.54, 1.807) is 0 Å². The predicted molar refractivity (Wildman–Crippen MR) is 72.9 cm³/mol. The molecule has 0 bridgehead atoms. The zero-order valence-electron chi connectivity index (χ0n) is 11.2. The molecule has 0 atom stereocenters. The van der Waals surface area contributed by atoms with Gasteiger partial charge in [-0.3, -0.25) is 0 Å². The molecule has 92 valence electrons. The quantitative estimate of drug-likeness (QED) is 0.718. The van der Waals surface area contributed by atoms with Crippen LogP contribution < -0.4 is 4.74 Å². The van der Waals surface area contributed by atoms with Gasteiger partial charge < -0.3 is 9.30 Å². The van der Waals surface area contributed by atoms with Crippen LogP contribution in [0.3, 0.4) is 0 Å². The third kappa shape index (κ3) is 1.92. The van der Waals surface area contributed by atoms with Gasteiger partial charge in [-0.25, -0.2) is 0 Å². The third-order valence-corrected chi connectivity index (χ3v) is 3.09. The summed E-state index contributed by atoms with van der Waals surface area (Å²) in [7, 11) is 0. The van der Waals surface area contributed by atoms with E-state index in [9.17, 15) is 0 Å². The average molecular weight is 231 g/mol. The monoisotopic (exact) mass is 231 g/mol. The minimum Gasteiger partial charge on any atom is -0.491 e. The molecule has 1 aliphatic rings. The molecule has 0 unspecified atom stereocenters. The summed E-state index contributed by atoms with van der Waals surface area (Å²) in [6.07, 6.45) is 3.17. The van der Waals surface area contributed by atoms with E-state index >= 15 is 0 Å². The molecule has 0 aliphatic carbocycles. The number of benzene rings is 1. The molecule has 2 heteroatoms. The van der Waals surface area contributed by atoms with Gasteiger partial charge in [0.25, 0.3) is 0 Å². The Balaban J connectivity index is 0.000000514. The van der Waals surface area contributed by atoms with Crippen molar-refractivity contribution >= 4 is 10.9 Å². The minimum absolute atomic E-state index is 0.484. The van der Waals surface area contributed by atoms with Gasteiger partial charge in [0.2, 0.25) is 0 Å². The maximum absolute atomic E-state index is 5.71. The van der Waals surface area contributed by atoms with Crippen molar-refractivity contribution < 1.29 is 4.74 Å². The van der Waals surface area contributed by atoms with Gasteiger partial charge in [0, 0.05) is 24.0 Å². The molecule has 1 aromatic carbocycles. The van der Waals surface area contributed by atoms with Gasteiger partial charge in [-0.1, -0.05) is 26.0 Å². The Morgan fingerprint density at radius 1 is 1.24 bits per heavy atom. The van der Waals surface area contributed by atoms with Gasteiger partial charge in [0.05, 0.1) is 12.1 Å². The standard InChI is InChI=1S/C13H15NO.C2H6/c1-9(2)14-8-12-13-10(6-7-15-12)4-3-5-11(13)14;1-2/h3-5,8-9H,6-7H2,1-2H3;1-2H3. The molecule has 0 spiro atoms. The Morgan fingerprint density at radius 3 is 2.71 bits per heavy atom. The topological polar surface area (TPSA) is 14.2 Å². The lowest BCUT2D eigenvalue weighted by Crippen LogP contribution is -2.06. The summed E-state index contributed by atoms with van der Waals surface area (Å²) >= 11 is 0. The second-order valence-electron chi connectivity index (χ2n) is 4.40. The lowest BCUT2D eigenvalue weighted by molar-refractivity contribution is 0.317. The van der Waals surface area contributed by atoms with E-state index < -0.39 is 0 Å². The highest BCUT2D eigenvalue weighted by atomic mass is 16.5. The van der Waals surface area contributed by atoms with Crippen molar-refractivity contribution in [2.75, 3.05) is 6.61 Å². The Labute approximate surface area is 103 Å². The highest BCUT2D eigenvalue weighted by molar-refractivity contribution is 5.90. The molecule has 2 heterocycles. The molecule has 0 N–H and O–H groups in total. The molecule has 3 rings (SSSR count). The lowest BCUT2D eigenvalue weighted by atomic mass is 10.1. The van der Waals surface area contributed by atoms with Crippen LogP contribution in [-0.2, 0) is 6.42 Å². The summed E-state index contributed by atoms with van der Waals surface area (Å²) < 4.78 is 8.00. The minimum atomic E-state index is 0.484. The van der Waals surface area contributed by atoms with Crippen LogP contribution in [0.25, 0.3) is 10.9 Å². The van der Waals surface area contributed by atoms with Gasteiger partial charge in [-0.2, -0.15) is 0 Å². The zero-order chi connectivity index (χ0) is 12.4. The Morgan fingerprint density at radius 2 is 2.00 bits per heavy atom. The van der Waals surface area contributed by atoms with E-state index in [1.807, 2.05) is 13.8 Å². The van der Waals surface area contributed by atoms with Crippen LogP contribution in [-0.4, -0.2) is 11.2 Å². The van der Waals surface area contributed by atoms with Crippen molar-refractivity contribution in [1.29, 1.82) is 0 Å². The summed E-state index contributed by atoms with van der Waals surface area (Å²) in [5.74, 6) is 1.06. The van der Waals surface area contributed by atoms with Gasteiger partial charge in [-0.05, 0) is 25.5 Å². The van der Waals surface area contributed by atoms with Gasteiger partial charge in [0.15, 0.2) is 0 Å². The summed E-state index contributed by atoms with van der Waals surface area (Å²) in [5.41, 5.74) is 2.73. The van der Waals surface area contributed by atoms with E-state index in [2.05, 4.69) is 42.8 Å². The number of hydrogen-bond acceptors (Lipinski definition) is 1. The molecular weight excluding hydrogens is 210 g/mol. The van der Waals surface area contributed by atoms with Crippen molar-refractivity contribution in [1.82, 2.24) is 4.57 Å². The van der Waals surface area contributed by atoms with Crippen molar-refractivity contribution in [3.8, 4) is 5.75 Å². The molecule has 0 amide bonds. The van der Waals surface area contributed by atoms with Crippen LogP contribution in [0.15, 0.2) is 24.4 Å². The maximum atomic E-state index is 5.71. The zero-order valence-corrected chi connectivity index (χ0v) is 11.2. The van der Waals surface area contributed by atoms with Crippen LogP contribution >= 0.6 is 0 Å². The fourth-order valence-electron chi connectivity index (χ4n) is 2.36. The summed E-state index contributed by atoms with van der Waals surface area (Å²) in [6.45, 7) is 9.22. The fraction of sp³-hybridized carbons (Fsp3) is 0.467. The Kier molecular flexibility index (Phi) is 3.41. The number of hydrogen-bond donors (Lipinski definition) is 0. The van der Waals surface area contributed by atoms with E-state index in [1.165, 1.54) is 16.5 Å². The second-order valence-corrected chi connectivity index (χ2v) is 4.40. The number of ether oxygens (including phenoxy) is 1. The second kappa shape index (κ2) is 4.82. The average Bonchev–Trinajstić information content (AvgIpc) is 2.74. The van der Waals surface area contributed by atoms with Crippen LogP contribution in [0, 0.1) is 0 Å². The molecule has 0 fully saturated rings. The Hall–Kier alpha value is -1.44. The first kappa shape index (κ1) is 12.0. The van der Waals surface area contributed by atoms with Crippen LogP contribution in [0.1, 0.15) is 39.3 Å². The Bertz CT molecular complexity index is 511. The molecule has 1 aliphatic heterocycles. The molecule has 17 heavy (non-hydrogen) atoms. The van der Waals surface area contributed by atoms with Crippen molar-refractivity contribution in [3.05, 3.63) is 30.0 Å². The third-order valence-electron chi connectivity index (χ3n) is 3.09. The predicted octanol–water partition coefficient (Wildman–Crippen LogP) is 4.18. The number of aromatic nitrogens is 1.